The minimum absolute atomic E-state index is 0.0467. The summed E-state index contributed by atoms with van der Waals surface area (Å²) in [6.07, 6.45) is 0.673. The highest BCUT2D eigenvalue weighted by molar-refractivity contribution is 6.34. The number of ether oxygens (including phenoxy) is 1. The fourth-order valence-electron chi connectivity index (χ4n) is 3.26. The van der Waals surface area contributed by atoms with Gasteiger partial charge in [-0.15, -0.1) is 0 Å². The SMILES string of the molecule is NCCCN(Cc1ccc(F)c(Cl)c1)C(=O)c1ccc(OCc2ccccc2)c([SiH3])c1. The normalized spacial score (nSPS) is 10.8. The molecule has 0 radical (unpaired) electrons. The van der Waals surface area contributed by atoms with Crippen molar-refractivity contribution in [1.82, 2.24) is 4.90 Å². The fraction of sp³-hybridized carbons (Fsp3) is 0.208. The second-order valence-electron chi connectivity index (χ2n) is 7.37. The summed E-state index contributed by atoms with van der Waals surface area (Å²) in [5.74, 6) is 0.225. The quantitative estimate of drug-likeness (QED) is 0.503. The van der Waals surface area contributed by atoms with E-state index in [-0.39, 0.29) is 10.9 Å². The third kappa shape index (κ3) is 6.40. The van der Waals surface area contributed by atoms with Crippen LogP contribution in [-0.4, -0.2) is 34.1 Å². The van der Waals surface area contributed by atoms with Crippen molar-refractivity contribution >= 4 is 32.9 Å². The van der Waals surface area contributed by atoms with E-state index < -0.39 is 5.82 Å². The molecule has 4 nitrogen and oxygen atoms in total. The lowest BCUT2D eigenvalue weighted by Crippen LogP contribution is -2.33. The predicted octanol–water partition coefficient (Wildman–Crippen LogP) is 3.04. The second kappa shape index (κ2) is 11.1. The van der Waals surface area contributed by atoms with Crippen LogP contribution >= 0.6 is 11.6 Å². The van der Waals surface area contributed by atoms with Gasteiger partial charge in [-0.2, -0.15) is 0 Å². The van der Waals surface area contributed by atoms with E-state index in [0.717, 1.165) is 32.3 Å². The molecule has 0 saturated carbocycles. The van der Waals surface area contributed by atoms with Crippen LogP contribution in [0.25, 0.3) is 0 Å². The Balaban J connectivity index is 1.73. The summed E-state index contributed by atoms with van der Waals surface area (Å²) < 4.78 is 19.4. The van der Waals surface area contributed by atoms with E-state index in [9.17, 15) is 9.18 Å². The fourth-order valence-corrected chi connectivity index (χ4v) is 4.08. The lowest BCUT2D eigenvalue weighted by Gasteiger charge is -2.23. The zero-order chi connectivity index (χ0) is 22.2. The molecular weight excluding hydrogens is 431 g/mol. The lowest BCUT2D eigenvalue weighted by atomic mass is 10.1. The monoisotopic (exact) mass is 456 g/mol. The van der Waals surface area contributed by atoms with Gasteiger partial charge in [-0.05, 0) is 59.6 Å². The molecule has 1 amide bonds. The van der Waals surface area contributed by atoms with Crippen LogP contribution in [0.4, 0.5) is 4.39 Å². The molecule has 0 aliphatic carbocycles. The highest BCUT2D eigenvalue weighted by Gasteiger charge is 2.17. The first-order valence-electron chi connectivity index (χ1n) is 10.2. The van der Waals surface area contributed by atoms with E-state index >= 15 is 0 Å². The van der Waals surface area contributed by atoms with Crippen molar-refractivity contribution < 1.29 is 13.9 Å². The van der Waals surface area contributed by atoms with Gasteiger partial charge in [0, 0.05) is 28.9 Å². The standard InChI is InChI=1S/C24H26ClFN2O2Si/c25-20-13-18(7-9-21(20)26)15-28(12-4-11-27)24(29)19-8-10-22(23(31)14-19)30-16-17-5-2-1-3-6-17/h1-3,5-10,13-14H,4,11-12,15-16,27H2,31H3. The Kier molecular flexibility index (Phi) is 8.23. The maximum Gasteiger partial charge on any atom is 0.254 e. The smallest absolute Gasteiger partial charge is 0.254 e. The molecule has 0 aromatic heterocycles. The third-order valence-electron chi connectivity index (χ3n) is 4.94. The number of hydrogen-bond acceptors (Lipinski definition) is 3. The van der Waals surface area contributed by atoms with Gasteiger partial charge in [-0.1, -0.05) is 48.0 Å². The van der Waals surface area contributed by atoms with Crippen LogP contribution in [0.1, 0.15) is 27.9 Å². The van der Waals surface area contributed by atoms with Crippen molar-refractivity contribution in [2.45, 2.75) is 19.6 Å². The van der Waals surface area contributed by atoms with Crippen molar-refractivity contribution in [3.8, 4) is 5.75 Å². The molecule has 7 heteroatoms. The highest BCUT2D eigenvalue weighted by atomic mass is 35.5. The third-order valence-corrected chi connectivity index (χ3v) is 6.01. The van der Waals surface area contributed by atoms with Crippen LogP contribution in [0.3, 0.4) is 0 Å². The summed E-state index contributed by atoms with van der Waals surface area (Å²) >= 11 is 5.90. The molecule has 0 fully saturated rings. The summed E-state index contributed by atoms with van der Waals surface area (Å²) in [5, 5.41) is 1.07. The van der Waals surface area contributed by atoms with E-state index in [0.29, 0.717) is 38.2 Å². The Hall–Kier alpha value is -2.67. The molecule has 2 N–H and O–H groups in total. The van der Waals surface area contributed by atoms with Crippen LogP contribution in [-0.2, 0) is 13.2 Å². The Morgan fingerprint density at radius 3 is 2.52 bits per heavy atom. The Bertz CT molecular complexity index is 1030. The topological polar surface area (TPSA) is 55.6 Å². The van der Waals surface area contributed by atoms with Gasteiger partial charge in [-0.3, -0.25) is 4.79 Å². The Morgan fingerprint density at radius 1 is 1.06 bits per heavy atom. The van der Waals surface area contributed by atoms with E-state index in [4.69, 9.17) is 22.1 Å². The molecule has 0 aliphatic heterocycles. The average Bonchev–Trinajstić information content (AvgIpc) is 2.78. The number of carbonyl (C=O) groups excluding carboxylic acids is 1. The molecule has 3 rings (SSSR count). The number of benzene rings is 3. The first-order valence-corrected chi connectivity index (χ1v) is 11.6. The Morgan fingerprint density at radius 2 is 1.84 bits per heavy atom. The van der Waals surface area contributed by atoms with Crippen LogP contribution in [0.5, 0.6) is 5.75 Å². The summed E-state index contributed by atoms with van der Waals surface area (Å²) in [4.78, 5) is 14.9. The first-order chi connectivity index (χ1) is 15.0. The van der Waals surface area contributed by atoms with Crippen molar-refractivity contribution in [1.29, 1.82) is 0 Å². The zero-order valence-electron chi connectivity index (χ0n) is 17.5. The van der Waals surface area contributed by atoms with E-state index in [1.165, 1.54) is 6.07 Å². The molecule has 0 bridgehead atoms. The first kappa shape index (κ1) is 23.0. The highest BCUT2D eigenvalue weighted by Crippen LogP contribution is 2.19. The second-order valence-corrected chi connectivity index (χ2v) is 8.86. The minimum Gasteiger partial charge on any atom is -0.489 e. The molecule has 0 heterocycles. The van der Waals surface area contributed by atoms with Gasteiger partial charge in [0.1, 0.15) is 18.2 Å². The van der Waals surface area contributed by atoms with Crippen molar-refractivity contribution in [2.24, 2.45) is 5.73 Å². The largest absolute Gasteiger partial charge is 0.489 e. The van der Waals surface area contributed by atoms with Crippen LogP contribution in [0.2, 0.25) is 5.02 Å². The maximum atomic E-state index is 13.5. The van der Waals surface area contributed by atoms with Gasteiger partial charge < -0.3 is 15.4 Å². The molecule has 3 aromatic rings. The molecule has 0 aliphatic rings. The predicted molar refractivity (Wildman–Crippen MR) is 127 cm³/mol. The number of amides is 1. The minimum atomic E-state index is -0.475. The number of nitrogens with two attached hydrogens (primary N) is 1. The molecule has 0 unspecified atom stereocenters. The average molecular weight is 457 g/mol. The van der Waals surface area contributed by atoms with E-state index in [1.807, 2.05) is 42.5 Å². The molecule has 31 heavy (non-hydrogen) atoms. The van der Waals surface area contributed by atoms with Crippen LogP contribution in [0, 0.1) is 5.82 Å². The maximum absolute atomic E-state index is 13.5. The van der Waals surface area contributed by atoms with Gasteiger partial charge >= 0.3 is 0 Å². The van der Waals surface area contributed by atoms with Gasteiger partial charge in [0.15, 0.2) is 0 Å². The molecule has 162 valence electrons. The summed E-state index contributed by atoms with van der Waals surface area (Å²) in [6, 6.07) is 20.0. The van der Waals surface area contributed by atoms with E-state index in [2.05, 4.69) is 0 Å². The molecule has 0 spiro atoms. The number of carbonyl (C=O) groups is 1. The molecular formula is C24H26ClFN2O2Si. The lowest BCUT2D eigenvalue weighted by molar-refractivity contribution is 0.0742. The number of halogens is 2. The molecule has 3 aromatic carbocycles. The number of rotatable bonds is 9. The van der Waals surface area contributed by atoms with Gasteiger partial charge in [0.05, 0.1) is 5.02 Å². The van der Waals surface area contributed by atoms with Gasteiger partial charge in [0.25, 0.3) is 5.91 Å². The van der Waals surface area contributed by atoms with Gasteiger partial charge in [-0.25, -0.2) is 4.39 Å². The number of nitrogens with zero attached hydrogens (tertiary/aromatic N) is 1. The zero-order valence-corrected chi connectivity index (χ0v) is 20.2. The van der Waals surface area contributed by atoms with Crippen molar-refractivity contribution in [3.05, 3.63) is 94.3 Å². The van der Waals surface area contributed by atoms with Crippen molar-refractivity contribution in [3.63, 3.8) is 0 Å². The summed E-state index contributed by atoms with van der Waals surface area (Å²) in [5.41, 5.74) is 8.12. The number of hydrogen-bond donors (Lipinski definition) is 1. The Labute approximate surface area is 190 Å². The van der Waals surface area contributed by atoms with Crippen LogP contribution in [0.15, 0.2) is 66.7 Å². The summed E-state index contributed by atoms with van der Waals surface area (Å²) in [7, 11) is 0.745. The van der Waals surface area contributed by atoms with Crippen LogP contribution < -0.4 is 15.7 Å². The van der Waals surface area contributed by atoms with E-state index in [1.54, 1.807) is 23.1 Å². The summed E-state index contributed by atoms with van der Waals surface area (Å²) in [6.45, 7) is 1.80. The molecule has 0 atom stereocenters. The van der Waals surface area contributed by atoms with Crippen molar-refractivity contribution in [2.75, 3.05) is 13.1 Å². The molecule has 0 saturated heterocycles. The van der Waals surface area contributed by atoms with Gasteiger partial charge in [0.2, 0.25) is 0 Å².